The first-order valence-electron chi connectivity index (χ1n) is 9.35. The number of ether oxygens (including phenoxy) is 2. The molecule has 3 rings (SSSR count). The van der Waals surface area contributed by atoms with E-state index in [0.717, 1.165) is 21.8 Å². The highest BCUT2D eigenvalue weighted by Gasteiger charge is 2.21. The topological polar surface area (TPSA) is 60.5 Å². The zero-order chi connectivity index (χ0) is 21.2. The van der Waals surface area contributed by atoms with Crippen molar-refractivity contribution in [1.82, 2.24) is 4.98 Å². The third-order valence-corrected chi connectivity index (χ3v) is 5.82. The van der Waals surface area contributed by atoms with Gasteiger partial charge in [-0.05, 0) is 42.2 Å². The third kappa shape index (κ3) is 4.43. The van der Waals surface area contributed by atoms with Crippen molar-refractivity contribution < 1.29 is 14.3 Å². The number of anilines is 1. The monoisotopic (exact) mass is 410 g/mol. The van der Waals surface area contributed by atoms with Crippen LogP contribution in [0.2, 0.25) is 0 Å². The Labute approximate surface area is 175 Å². The van der Waals surface area contributed by atoms with Crippen molar-refractivity contribution in [2.45, 2.75) is 33.1 Å². The predicted molar refractivity (Wildman–Crippen MR) is 118 cm³/mol. The molecule has 1 aromatic heterocycles. The molecule has 1 N–H and O–H groups in total. The number of hydrogen-bond donors (Lipinski definition) is 1. The summed E-state index contributed by atoms with van der Waals surface area (Å²) in [5, 5.41) is 3.83. The first kappa shape index (κ1) is 20.9. The first-order chi connectivity index (χ1) is 13.7. The molecule has 2 aromatic carbocycles. The van der Waals surface area contributed by atoms with Gasteiger partial charge in [-0.1, -0.05) is 39.0 Å². The van der Waals surface area contributed by atoms with Crippen LogP contribution in [0.4, 0.5) is 5.69 Å². The molecule has 0 unspecified atom stereocenters. The predicted octanol–water partition coefficient (Wildman–Crippen LogP) is 5.69. The highest BCUT2D eigenvalue weighted by Crippen LogP contribution is 2.35. The number of para-hydroxylation sites is 1. The van der Waals surface area contributed by atoms with Crippen molar-refractivity contribution in [3.8, 4) is 22.1 Å². The maximum Gasteiger partial charge on any atom is 0.267 e. The molecule has 0 fully saturated rings. The molecule has 0 spiro atoms. The van der Waals surface area contributed by atoms with Crippen molar-refractivity contribution >= 4 is 22.9 Å². The summed E-state index contributed by atoms with van der Waals surface area (Å²) in [7, 11) is 3.20. The van der Waals surface area contributed by atoms with Crippen LogP contribution in [0.1, 0.15) is 41.7 Å². The second kappa shape index (κ2) is 8.25. The second-order valence-corrected chi connectivity index (χ2v) is 8.75. The number of amides is 1. The van der Waals surface area contributed by atoms with Gasteiger partial charge in [-0.3, -0.25) is 4.79 Å². The molecule has 29 heavy (non-hydrogen) atoms. The van der Waals surface area contributed by atoms with Gasteiger partial charge in [0.25, 0.3) is 5.91 Å². The molecule has 0 aliphatic heterocycles. The minimum atomic E-state index is -0.150. The molecule has 152 valence electrons. The largest absolute Gasteiger partial charge is 0.493 e. The number of nitrogens with zero attached hydrogens (tertiary/aromatic N) is 1. The number of hydrogen-bond acceptors (Lipinski definition) is 5. The van der Waals surface area contributed by atoms with Crippen LogP contribution in [-0.2, 0) is 5.41 Å². The molecule has 1 heterocycles. The number of aryl methyl sites for hydroxylation is 1. The quantitative estimate of drug-likeness (QED) is 0.587. The standard InChI is InChI=1S/C23H26N2O3S/c1-14-20(21(26)25-17-10-8-7-9-16(17)23(2,3)4)29-22(24-14)15-11-12-18(27-5)19(13-15)28-6/h7-13H,1-6H3,(H,25,26). The van der Waals surface area contributed by atoms with Gasteiger partial charge in [0.1, 0.15) is 9.88 Å². The van der Waals surface area contributed by atoms with Gasteiger partial charge in [-0.15, -0.1) is 11.3 Å². The molecular weight excluding hydrogens is 384 g/mol. The molecule has 3 aromatic rings. The van der Waals surface area contributed by atoms with Crippen LogP contribution >= 0.6 is 11.3 Å². The molecule has 1 amide bonds. The number of methoxy groups -OCH3 is 2. The molecular formula is C23H26N2O3S. The smallest absolute Gasteiger partial charge is 0.267 e. The van der Waals surface area contributed by atoms with Crippen LogP contribution in [0, 0.1) is 6.92 Å². The maximum atomic E-state index is 13.0. The summed E-state index contributed by atoms with van der Waals surface area (Å²) in [4.78, 5) is 18.2. The van der Waals surface area contributed by atoms with Crippen LogP contribution in [0.5, 0.6) is 11.5 Å². The van der Waals surface area contributed by atoms with E-state index in [1.807, 2.05) is 49.4 Å². The molecule has 0 saturated carbocycles. The van der Waals surface area contributed by atoms with Crippen molar-refractivity contribution in [1.29, 1.82) is 0 Å². The Kier molecular flexibility index (Phi) is 5.94. The van der Waals surface area contributed by atoms with E-state index in [2.05, 4.69) is 31.1 Å². The summed E-state index contributed by atoms with van der Waals surface area (Å²) in [6.07, 6.45) is 0. The highest BCUT2D eigenvalue weighted by molar-refractivity contribution is 7.17. The summed E-state index contributed by atoms with van der Waals surface area (Å²) in [6.45, 7) is 8.24. The van der Waals surface area contributed by atoms with E-state index in [4.69, 9.17) is 9.47 Å². The average molecular weight is 411 g/mol. The number of carbonyl (C=O) groups is 1. The number of nitrogens with one attached hydrogen (secondary N) is 1. The summed E-state index contributed by atoms with van der Waals surface area (Å²) in [6, 6.07) is 13.5. The number of aromatic nitrogens is 1. The van der Waals surface area contributed by atoms with E-state index in [0.29, 0.717) is 22.1 Å². The normalized spacial score (nSPS) is 11.2. The summed E-state index contributed by atoms with van der Waals surface area (Å²) >= 11 is 1.37. The fourth-order valence-corrected chi connectivity index (χ4v) is 4.08. The Bertz CT molecular complexity index is 1030. The van der Waals surface area contributed by atoms with Crippen LogP contribution < -0.4 is 14.8 Å². The lowest BCUT2D eigenvalue weighted by molar-refractivity contribution is 0.102. The van der Waals surface area contributed by atoms with Gasteiger partial charge in [0.2, 0.25) is 0 Å². The summed E-state index contributed by atoms with van der Waals surface area (Å²) in [5.74, 6) is 1.13. The summed E-state index contributed by atoms with van der Waals surface area (Å²) in [5.41, 5.74) is 3.42. The van der Waals surface area contributed by atoms with Crippen molar-refractivity contribution in [3.05, 3.63) is 58.6 Å². The van der Waals surface area contributed by atoms with E-state index >= 15 is 0 Å². The minimum Gasteiger partial charge on any atom is -0.493 e. The van der Waals surface area contributed by atoms with Gasteiger partial charge >= 0.3 is 0 Å². The van der Waals surface area contributed by atoms with Crippen molar-refractivity contribution in [3.63, 3.8) is 0 Å². The van der Waals surface area contributed by atoms with E-state index in [1.165, 1.54) is 11.3 Å². The van der Waals surface area contributed by atoms with Gasteiger partial charge in [0.05, 0.1) is 19.9 Å². The van der Waals surface area contributed by atoms with Gasteiger partial charge in [-0.25, -0.2) is 4.98 Å². The maximum absolute atomic E-state index is 13.0. The van der Waals surface area contributed by atoms with E-state index in [1.54, 1.807) is 14.2 Å². The Balaban J connectivity index is 1.91. The second-order valence-electron chi connectivity index (χ2n) is 7.75. The van der Waals surface area contributed by atoms with Crippen molar-refractivity contribution in [2.75, 3.05) is 19.5 Å². The Morgan fingerprint density at radius 3 is 2.38 bits per heavy atom. The number of carbonyl (C=O) groups excluding carboxylic acids is 1. The average Bonchev–Trinajstić information content (AvgIpc) is 3.08. The fraction of sp³-hybridized carbons (Fsp3) is 0.304. The lowest BCUT2D eigenvalue weighted by atomic mass is 9.86. The van der Waals surface area contributed by atoms with Crippen LogP contribution in [0.15, 0.2) is 42.5 Å². The van der Waals surface area contributed by atoms with E-state index in [-0.39, 0.29) is 11.3 Å². The van der Waals surface area contributed by atoms with E-state index < -0.39 is 0 Å². The van der Waals surface area contributed by atoms with Gasteiger partial charge in [-0.2, -0.15) is 0 Å². The highest BCUT2D eigenvalue weighted by atomic mass is 32.1. The van der Waals surface area contributed by atoms with Crippen LogP contribution in [-0.4, -0.2) is 25.1 Å². The number of benzene rings is 2. The Hall–Kier alpha value is -2.86. The molecule has 5 nitrogen and oxygen atoms in total. The zero-order valence-corrected chi connectivity index (χ0v) is 18.4. The van der Waals surface area contributed by atoms with Crippen LogP contribution in [0.3, 0.4) is 0 Å². The third-order valence-electron chi connectivity index (χ3n) is 4.62. The van der Waals surface area contributed by atoms with Crippen molar-refractivity contribution in [2.24, 2.45) is 0 Å². The Morgan fingerprint density at radius 2 is 1.72 bits per heavy atom. The fourth-order valence-electron chi connectivity index (χ4n) is 3.13. The SMILES string of the molecule is COc1ccc(-c2nc(C)c(C(=O)Nc3ccccc3C(C)(C)C)s2)cc1OC. The number of thiazole rings is 1. The van der Waals surface area contributed by atoms with Crippen LogP contribution in [0.25, 0.3) is 10.6 Å². The Morgan fingerprint density at radius 1 is 1.03 bits per heavy atom. The minimum absolute atomic E-state index is 0.0720. The van der Waals surface area contributed by atoms with Gasteiger partial charge < -0.3 is 14.8 Å². The molecule has 0 bridgehead atoms. The molecule has 0 aliphatic rings. The molecule has 0 atom stereocenters. The number of rotatable bonds is 5. The summed E-state index contributed by atoms with van der Waals surface area (Å²) < 4.78 is 10.7. The molecule has 0 saturated heterocycles. The molecule has 0 radical (unpaired) electrons. The molecule has 0 aliphatic carbocycles. The lowest BCUT2D eigenvalue weighted by Gasteiger charge is -2.22. The zero-order valence-electron chi connectivity index (χ0n) is 17.6. The first-order valence-corrected chi connectivity index (χ1v) is 10.2. The van der Waals surface area contributed by atoms with Gasteiger partial charge in [0, 0.05) is 11.3 Å². The lowest BCUT2D eigenvalue weighted by Crippen LogP contribution is -2.18. The van der Waals surface area contributed by atoms with Gasteiger partial charge in [0.15, 0.2) is 11.5 Å². The van der Waals surface area contributed by atoms with E-state index in [9.17, 15) is 4.79 Å². The molecule has 6 heteroatoms.